The molecule has 1 aromatic heterocycles. The van der Waals surface area contributed by atoms with Crippen molar-refractivity contribution in [3.8, 4) is 22.8 Å². The number of nitrogens with zero attached hydrogens (tertiary/aromatic N) is 2. The lowest BCUT2D eigenvalue weighted by atomic mass is 9.95. The zero-order chi connectivity index (χ0) is 20.7. The van der Waals surface area contributed by atoms with Gasteiger partial charge in [0.25, 0.3) is 5.91 Å². The molecule has 1 unspecified atom stereocenters. The van der Waals surface area contributed by atoms with Gasteiger partial charge in [-0.05, 0) is 48.7 Å². The van der Waals surface area contributed by atoms with Crippen molar-refractivity contribution in [2.45, 2.75) is 26.3 Å². The van der Waals surface area contributed by atoms with Gasteiger partial charge in [-0.25, -0.2) is 0 Å². The number of methoxy groups -OCH3 is 1. The SMILES string of the molecule is CCCN1C(=O)c2[nH]nc(-c3cc(Cl)c(C)cc3O)c2C1c1cccc(OC)c1. The molecule has 0 saturated carbocycles. The second kappa shape index (κ2) is 7.44. The Morgan fingerprint density at radius 2 is 2.10 bits per heavy atom. The van der Waals surface area contributed by atoms with Crippen LogP contribution in [0.15, 0.2) is 36.4 Å². The number of phenolic OH excluding ortho intramolecular Hbond substituents is 1. The van der Waals surface area contributed by atoms with Crippen LogP contribution in [-0.4, -0.2) is 39.8 Å². The Hall–Kier alpha value is -2.99. The van der Waals surface area contributed by atoms with Crippen molar-refractivity contribution in [1.82, 2.24) is 15.1 Å². The highest BCUT2D eigenvalue weighted by Crippen LogP contribution is 2.45. The Morgan fingerprint density at radius 3 is 2.83 bits per heavy atom. The van der Waals surface area contributed by atoms with Crippen molar-refractivity contribution >= 4 is 17.5 Å². The molecule has 3 aromatic rings. The zero-order valence-corrected chi connectivity index (χ0v) is 17.2. The van der Waals surface area contributed by atoms with Gasteiger partial charge in [0.1, 0.15) is 22.9 Å². The Morgan fingerprint density at radius 1 is 1.31 bits per heavy atom. The molecule has 1 aliphatic heterocycles. The van der Waals surface area contributed by atoms with Crippen molar-refractivity contribution in [3.63, 3.8) is 0 Å². The summed E-state index contributed by atoms with van der Waals surface area (Å²) in [5.41, 5.74) is 3.90. The first-order valence-electron chi connectivity index (χ1n) is 9.48. The summed E-state index contributed by atoms with van der Waals surface area (Å²) in [6, 6.07) is 10.6. The molecular weight excluding hydrogens is 390 g/mol. The van der Waals surface area contributed by atoms with Gasteiger partial charge in [0.2, 0.25) is 0 Å². The van der Waals surface area contributed by atoms with Gasteiger partial charge in [-0.15, -0.1) is 0 Å². The molecule has 1 amide bonds. The van der Waals surface area contributed by atoms with E-state index in [0.29, 0.717) is 34.3 Å². The Balaban J connectivity index is 1.93. The highest BCUT2D eigenvalue weighted by atomic mass is 35.5. The third-order valence-electron chi connectivity index (χ3n) is 5.27. The van der Waals surface area contributed by atoms with Crippen molar-refractivity contribution < 1.29 is 14.6 Å². The fourth-order valence-corrected chi connectivity index (χ4v) is 4.05. The van der Waals surface area contributed by atoms with Gasteiger partial charge in [0.05, 0.1) is 13.2 Å². The molecular formula is C22H22ClN3O3. The fourth-order valence-electron chi connectivity index (χ4n) is 3.89. The maximum absolute atomic E-state index is 13.1. The fraction of sp³-hybridized carbons (Fsp3) is 0.273. The minimum Gasteiger partial charge on any atom is -0.507 e. The number of halogens is 1. The van der Waals surface area contributed by atoms with Crippen molar-refractivity contribution in [2.75, 3.05) is 13.7 Å². The van der Waals surface area contributed by atoms with Crippen LogP contribution >= 0.6 is 11.6 Å². The lowest BCUT2D eigenvalue weighted by molar-refractivity contribution is 0.0744. The molecule has 6 nitrogen and oxygen atoms in total. The summed E-state index contributed by atoms with van der Waals surface area (Å²) >= 11 is 6.31. The number of ether oxygens (including phenoxy) is 1. The molecule has 29 heavy (non-hydrogen) atoms. The molecule has 0 fully saturated rings. The number of carbonyl (C=O) groups is 1. The largest absolute Gasteiger partial charge is 0.507 e. The number of rotatable bonds is 5. The van der Waals surface area contributed by atoms with E-state index in [-0.39, 0.29) is 17.7 Å². The molecule has 150 valence electrons. The number of aryl methyl sites for hydroxylation is 1. The van der Waals surface area contributed by atoms with E-state index in [1.807, 2.05) is 43.0 Å². The summed E-state index contributed by atoms with van der Waals surface area (Å²) in [6.45, 7) is 4.46. The molecule has 7 heteroatoms. The first-order valence-corrected chi connectivity index (χ1v) is 9.86. The number of fused-ring (bicyclic) bond motifs is 1. The average molecular weight is 412 g/mol. The number of hydrogen-bond acceptors (Lipinski definition) is 4. The quantitative estimate of drug-likeness (QED) is 0.637. The number of phenols is 1. The minimum atomic E-state index is -0.333. The van der Waals surface area contributed by atoms with Crippen LogP contribution in [0.4, 0.5) is 0 Å². The lowest BCUT2D eigenvalue weighted by Gasteiger charge is -2.26. The molecule has 4 rings (SSSR count). The van der Waals surface area contributed by atoms with Gasteiger partial charge < -0.3 is 14.7 Å². The van der Waals surface area contributed by atoms with Gasteiger partial charge in [-0.1, -0.05) is 30.7 Å². The highest BCUT2D eigenvalue weighted by Gasteiger charge is 2.42. The number of nitrogens with one attached hydrogen (secondary N) is 1. The van der Waals surface area contributed by atoms with Gasteiger partial charge in [0, 0.05) is 22.7 Å². The average Bonchev–Trinajstić information content (AvgIpc) is 3.25. The third kappa shape index (κ3) is 3.13. The van der Waals surface area contributed by atoms with Crippen molar-refractivity contribution in [2.24, 2.45) is 0 Å². The van der Waals surface area contributed by atoms with E-state index in [0.717, 1.165) is 23.1 Å². The number of aromatic amines is 1. The predicted molar refractivity (Wildman–Crippen MR) is 112 cm³/mol. The molecule has 0 saturated heterocycles. The Bertz CT molecular complexity index is 1090. The monoisotopic (exact) mass is 411 g/mol. The molecule has 0 radical (unpaired) electrons. The van der Waals surface area contributed by atoms with Gasteiger partial charge in [-0.3, -0.25) is 9.89 Å². The van der Waals surface area contributed by atoms with E-state index >= 15 is 0 Å². The van der Waals surface area contributed by atoms with Gasteiger partial charge in [0.15, 0.2) is 0 Å². The summed E-state index contributed by atoms with van der Waals surface area (Å²) in [5.74, 6) is 0.684. The van der Waals surface area contributed by atoms with Crippen LogP contribution < -0.4 is 4.74 Å². The number of H-pyrrole nitrogens is 1. The maximum Gasteiger partial charge on any atom is 0.273 e. The van der Waals surface area contributed by atoms with Crippen LogP contribution in [0.5, 0.6) is 11.5 Å². The summed E-state index contributed by atoms with van der Waals surface area (Å²) in [5, 5.41) is 18.4. The normalized spacial score (nSPS) is 15.7. The summed E-state index contributed by atoms with van der Waals surface area (Å²) in [6.07, 6.45) is 0.820. The van der Waals surface area contributed by atoms with E-state index < -0.39 is 0 Å². The van der Waals surface area contributed by atoms with Crippen LogP contribution in [0.2, 0.25) is 5.02 Å². The number of hydrogen-bond donors (Lipinski definition) is 2. The van der Waals surface area contributed by atoms with Crippen LogP contribution in [0.3, 0.4) is 0 Å². The number of aromatic hydroxyl groups is 1. The van der Waals surface area contributed by atoms with E-state index in [2.05, 4.69) is 10.2 Å². The van der Waals surface area contributed by atoms with Crippen LogP contribution in [0.1, 0.15) is 46.6 Å². The molecule has 2 N–H and O–H groups in total. The first-order chi connectivity index (χ1) is 14.0. The van der Waals surface area contributed by atoms with E-state index in [4.69, 9.17) is 16.3 Å². The molecule has 0 spiro atoms. The lowest BCUT2D eigenvalue weighted by Crippen LogP contribution is -2.30. The summed E-state index contributed by atoms with van der Waals surface area (Å²) in [4.78, 5) is 14.9. The number of amides is 1. The number of benzene rings is 2. The van der Waals surface area contributed by atoms with E-state index in [1.165, 1.54) is 0 Å². The molecule has 2 heterocycles. The third-order valence-corrected chi connectivity index (χ3v) is 5.68. The molecule has 2 aromatic carbocycles. The highest BCUT2D eigenvalue weighted by molar-refractivity contribution is 6.31. The Kier molecular flexibility index (Phi) is 4.96. The topological polar surface area (TPSA) is 78.5 Å². The van der Waals surface area contributed by atoms with E-state index in [1.54, 1.807) is 19.2 Å². The van der Waals surface area contributed by atoms with Crippen LogP contribution in [0, 0.1) is 6.92 Å². The molecule has 0 aliphatic carbocycles. The van der Waals surface area contributed by atoms with Gasteiger partial charge >= 0.3 is 0 Å². The summed E-state index contributed by atoms with van der Waals surface area (Å²) < 4.78 is 5.38. The molecule has 0 bridgehead atoms. The Labute approximate surface area is 174 Å². The van der Waals surface area contributed by atoms with Gasteiger partial charge in [-0.2, -0.15) is 5.10 Å². The number of aromatic nitrogens is 2. The molecule has 1 aliphatic rings. The minimum absolute atomic E-state index is 0.0759. The predicted octanol–water partition coefficient (Wildman–Crippen LogP) is 4.71. The van der Waals surface area contributed by atoms with Crippen molar-refractivity contribution in [3.05, 3.63) is 63.8 Å². The second-order valence-corrected chi connectivity index (χ2v) is 7.56. The van der Waals surface area contributed by atoms with Crippen LogP contribution in [-0.2, 0) is 0 Å². The zero-order valence-electron chi connectivity index (χ0n) is 16.5. The number of carbonyl (C=O) groups excluding carboxylic acids is 1. The second-order valence-electron chi connectivity index (χ2n) is 7.16. The standard InChI is InChI=1S/C22H22ClN3O3/c1-4-8-26-21(13-6-5-7-14(10-13)29-3)18-19(24-25-20(18)22(26)28)15-11-16(23)12(2)9-17(15)27/h5-7,9-11,21,27H,4,8H2,1-3H3,(H,24,25). The van der Waals surface area contributed by atoms with Crippen LogP contribution in [0.25, 0.3) is 11.3 Å². The smallest absolute Gasteiger partial charge is 0.273 e. The first kappa shape index (κ1) is 19.3. The van der Waals surface area contributed by atoms with Crippen molar-refractivity contribution in [1.29, 1.82) is 0 Å². The summed E-state index contributed by atoms with van der Waals surface area (Å²) in [7, 11) is 1.61. The maximum atomic E-state index is 13.1. The van der Waals surface area contributed by atoms with E-state index in [9.17, 15) is 9.90 Å². The molecule has 1 atom stereocenters.